The molecule has 9 rings (SSSR count). The van der Waals surface area contributed by atoms with E-state index < -0.39 is 42.5 Å². The number of nitrogens with zero attached hydrogens (tertiary/aromatic N) is 4. The minimum atomic E-state index is -0.760. The number of ether oxygens (including phenoxy) is 2. The number of fused-ring (bicyclic) bond motifs is 5. The second-order valence-electron chi connectivity index (χ2n) is 17.4. The first-order valence-corrected chi connectivity index (χ1v) is 20.6. The van der Waals surface area contributed by atoms with Crippen molar-refractivity contribution < 1.29 is 32.8 Å². The molecule has 15 heteroatoms. The topological polar surface area (TPSA) is 133 Å². The number of aromatic nitrogens is 4. The lowest BCUT2D eigenvalue weighted by molar-refractivity contribution is -0.135. The van der Waals surface area contributed by atoms with E-state index in [1.54, 1.807) is 22.4 Å². The third kappa shape index (κ3) is 6.51. The van der Waals surface area contributed by atoms with Crippen molar-refractivity contribution in [2.45, 2.75) is 103 Å². The van der Waals surface area contributed by atoms with E-state index in [1.165, 1.54) is 13.2 Å². The molecular weight excluding hydrogens is 746 g/mol. The highest BCUT2D eigenvalue weighted by atomic mass is 32.1. The molecular formula is C42H48BFN6O6S. The predicted molar refractivity (Wildman–Crippen MR) is 216 cm³/mol. The van der Waals surface area contributed by atoms with E-state index in [1.807, 2.05) is 72.0 Å². The molecule has 0 radical (unpaired) electrons. The van der Waals surface area contributed by atoms with Gasteiger partial charge < -0.3 is 34.0 Å². The Morgan fingerprint density at radius 1 is 1.07 bits per heavy atom. The van der Waals surface area contributed by atoms with Crippen molar-refractivity contribution in [2.75, 3.05) is 13.7 Å². The van der Waals surface area contributed by atoms with E-state index in [9.17, 15) is 9.59 Å². The fourth-order valence-corrected chi connectivity index (χ4v) is 9.38. The minimum absolute atomic E-state index is 0.163. The Kier molecular flexibility index (Phi) is 9.09. The van der Waals surface area contributed by atoms with Gasteiger partial charge in [0, 0.05) is 29.6 Å². The van der Waals surface area contributed by atoms with Crippen LogP contribution in [0.2, 0.25) is 0 Å². The first kappa shape index (κ1) is 37.8. The summed E-state index contributed by atoms with van der Waals surface area (Å²) in [5.74, 6) is 0.893. The van der Waals surface area contributed by atoms with Crippen molar-refractivity contribution >= 4 is 46.8 Å². The van der Waals surface area contributed by atoms with Gasteiger partial charge in [0.1, 0.15) is 23.4 Å². The average molecular weight is 795 g/mol. The second kappa shape index (κ2) is 13.7. The largest absolute Gasteiger partial charge is 0.494 e. The van der Waals surface area contributed by atoms with Gasteiger partial charge in [-0.1, -0.05) is 32.9 Å². The number of hydrogen-bond donors (Lipinski definition) is 2. The zero-order valence-corrected chi connectivity index (χ0v) is 34.3. The van der Waals surface area contributed by atoms with Gasteiger partial charge in [0.05, 0.1) is 62.9 Å². The maximum absolute atomic E-state index is 16.7. The summed E-state index contributed by atoms with van der Waals surface area (Å²) in [6.07, 6.45) is 5.29. The van der Waals surface area contributed by atoms with Gasteiger partial charge in [0.15, 0.2) is 0 Å². The summed E-state index contributed by atoms with van der Waals surface area (Å²) in [7, 11) is 0.739. The average Bonchev–Trinajstić information content (AvgIpc) is 3.55. The highest BCUT2D eigenvalue weighted by Crippen LogP contribution is 2.49. The normalized spacial score (nSPS) is 22.7. The third-order valence-electron chi connectivity index (χ3n) is 12.3. The Balaban J connectivity index is 1.08. The first-order valence-electron chi connectivity index (χ1n) is 19.8. The van der Waals surface area contributed by atoms with E-state index in [-0.39, 0.29) is 23.8 Å². The molecule has 5 aromatic rings. The number of rotatable bonds is 8. The Bertz CT molecular complexity index is 2390. The molecule has 12 nitrogen and oxygen atoms in total. The van der Waals surface area contributed by atoms with Gasteiger partial charge in [0.25, 0.3) is 0 Å². The molecule has 6 heterocycles. The van der Waals surface area contributed by atoms with Crippen LogP contribution in [0, 0.1) is 17.7 Å². The number of thiazole rings is 1. The summed E-state index contributed by atoms with van der Waals surface area (Å²) in [6.45, 7) is 14.5. The molecule has 2 saturated heterocycles. The fourth-order valence-electron chi connectivity index (χ4n) is 8.28. The maximum Gasteiger partial charge on any atom is 0.494 e. The van der Waals surface area contributed by atoms with Crippen LogP contribution < -0.4 is 15.5 Å². The Hall–Kier alpha value is -4.73. The van der Waals surface area contributed by atoms with E-state index in [2.05, 4.69) is 27.9 Å². The fraction of sp³-hybridized carbons (Fsp3) is 0.476. The SMILES string of the molecule is COC(=O)NC(C(=O)N1CC(C)CC1c1ncc(-c2cc(F)c3c(c2)OC(c2cnc(C4CC4)s2)n2c-3cc3cc(B4OC(C)(C)C(C)(C)O4)ccc32)[nH]1)C(C)C. The van der Waals surface area contributed by atoms with Crippen molar-refractivity contribution in [3.63, 3.8) is 0 Å². The number of nitrogens with one attached hydrogen (secondary N) is 2. The van der Waals surface area contributed by atoms with Crippen LogP contribution in [0.15, 0.2) is 48.8 Å². The van der Waals surface area contributed by atoms with Gasteiger partial charge in [-0.3, -0.25) is 9.36 Å². The molecule has 1 aliphatic carbocycles. The van der Waals surface area contributed by atoms with Gasteiger partial charge in [-0.25, -0.2) is 19.2 Å². The van der Waals surface area contributed by atoms with E-state index in [0.29, 0.717) is 53.0 Å². The molecule has 2 aromatic carbocycles. The lowest BCUT2D eigenvalue weighted by atomic mass is 9.78. The highest BCUT2D eigenvalue weighted by molar-refractivity contribution is 7.11. The number of H-pyrrole nitrogens is 1. The molecule has 0 bridgehead atoms. The lowest BCUT2D eigenvalue weighted by Crippen LogP contribution is -2.51. The zero-order valence-electron chi connectivity index (χ0n) is 33.5. The molecule has 4 unspecified atom stereocenters. The van der Waals surface area contributed by atoms with Gasteiger partial charge in [-0.2, -0.15) is 0 Å². The summed E-state index contributed by atoms with van der Waals surface area (Å²) in [4.78, 5) is 41.6. The van der Waals surface area contributed by atoms with Gasteiger partial charge in [-0.05, 0) is 88.5 Å². The lowest BCUT2D eigenvalue weighted by Gasteiger charge is -2.32. The van der Waals surface area contributed by atoms with Crippen molar-refractivity contribution in [1.29, 1.82) is 0 Å². The molecule has 3 aliphatic heterocycles. The first-order chi connectivity index (χ1) is 27.1. The van der Waals surface area contributed by atoms with E-state index in [0.717, 1.165) is 39.1 Å². The van der Waals surface area contributed by atoms with Gasteiger partial charge in [-0.15, -0.1) is 11.3 Å². The van der Waals surface area contributed by atoms with Gasteiger partial charge in [0.2, 0.25) is 12.1 Å². The molecule has 2 N–H and O–H groups in total. The Morgan fingerprint density at radius 3 is 2.53 bits per heavy atom. The molecule has 3 fully saturated rings. The second-order valence-corrected chi connectivity index (χ2v) is 18.5. The van der Waals surface area contributed by atoms with Crippen LogP contribution in [-0.2, 0) is 18.8 Å². The predicted octanol–water partition coefficient (Wildman–Crippen LogP) is 7.70. The summed E-state index contributed by atoms with van der Waals surface area (Å²) in [5.41, 5.74) is 3.04. The summed E-state index contributed by atoms with van der Waals surface area (Å²) in [6, 6.07) is 10.4. The van der Waals surface area contributed by atoms with Crippen LogP contribution in [-0.4, -0.2) is 74.4 Å². The number of amides is 2. The number of halogens is 1. The summed E-state index contributed by atoms with van der Waals surface area (Å²) < 4.78 is 43.2. The van der Waals surface area contributed by atoms with Crippen molar-refractivity contribution in [3.8, 4) is 28.3 Å². The van der Waals surface area contributed by atoms with E-state index >= 15 is 4.39 Å². The molecule has 1 saturated carbocycles. The molecule has 3 aromatic heterocycles. The molecule has 57 heavy (non-hydrogen) atoms. The summed E-state index contributed by atoms with van der Waals surface area (Å²) in [5, 5.41) is 4.72. The Labute approximate surface area is 335 Å². The molecule has 4 atom stereocenters. The number of methoxy groups -OCH3 is 1. The van der Waals surface area contributed by atoms with Gasteiger partial charge >= 0.3 is 13.2 Å². The molecule has 298 valence electrons. The highest BCUT2D eigenvalue weighted by Gasteiger charge is 2.52. The number of carbonyl (C=O) groups excluding carboxylic acids is 2. The number of benzene rings is 2. The van der Waals surface area contributed by atoms with E-state index in [4.69, 9.17) is 28.8 Å². The van der Waals surface area contributed by atoms with Crippen LogP contribution in [0.1, 0.15) is 102 Å². The minimum Gasteiger partial charge on any atom is -0.464 e. The van der Waals surface area contributed by atoms with Crippen LogP contribution in [0.5, 0.6) is 5.75 Å². The number of hydrogen-bond acceptors (Lipinski definition) is 9. The quantitative estimate of drug-likeness (QED) is 0.153. The third-order valence-corrected chi connectivity index (χ3v) is 13.5. The van der Waals surface area contributed by atoms with Crippen molar-refractivity contribution in [1.82, 2.24) is 29.7 Å². The van der Waals surface area contributed by atoms with Crippen molar-refractivity contribution in [3.05, 3.63) is 70.3 Å². The number of aromatic amines is 1. The number of carbonyl (C=O) groups is 2. The smallest absolute Gasteiger partial charge is 0.464 e. The monoisotopic (exact) mass is 794 g/mol. The molecule has 4 aliphatic rings. The number of alkyl carbamates (subject to hydrolysis) is 1. The zero-order chi connectivity index (χ0) is 40.1. The maximum atomic E-state index is 16.7. The Morgan fingerprint density at radius 2 is 1.82 bits per heavy atom. The van der Waals surface area contributed by atoms with Crippen molar-refractivity contribution in [2.24, 2.45) is 11.8 Å². The van der Waals surface area contributed by atoms with Crippen LogP contribution in [0.4, 0.5) is 9.18 Å². The summed E-state index contributed by atoms with van der Waals surface area (Å²) >= 11 is 1.65. The number of likely N-dealkylation sites (tertiary alicyclic amines) is 1. The van der Waals surface area contributed by atoms with Crippen LogP contribution >= 0.6 is 11.3 Å². The van der Waals surface area contributed by atoms with Crippen LogP contribution in [0.3, 0.4) is 0 Å². The molecule has 2 amide bonds. The standard InChI is InChI=1S/C42H48BFN6O6S/c1-21(2)35(48-40(52)53-8)38(51)49-20-22(3)13-31(49)36-45-18-28(47-36)24-15-27(44)34-30-16-25-14-26(43-55-41(4,5)42(6,7)56-43)11-12-29(25)50(30)39(54-32(34)17-24)33-19-46-37(57-33)23-9-10-23/h11-12,14-19,21-23,31,35,39H,9-10,13,20H2,1-8H3,(H,45,47)(H,48,52). The number of imidazole rings is 1. The van der Waals surface area contributed by atoms with Crippen LogP contribution in [0.25, 0.3) is 33.4 Å². The molecule has 0 spiro atoms.